The smallest absolute Gasteiger partial charge is 0.292 e. The first-order valence-electron chi connectivity index (χ1n) is 7.19. The maximum absolute atomic E-state index is 12.6. The van der Waals surface area contributed by atoms with E-state index in [4.69, 9.17) is 0 Å². The van der Waals surface area contributed by atoms with Crippen molar-refractivity contribution in [3.05, 3.63) is 68.6 Å². The zero-order valence-corrected chi connectivity index (χ0v) is 14.4. The maximum Gasteiger partial charge on any atom is 0.292 e. The van der Waals surface area contributed by atoms with Crippen molar-refractivity contribution in [2.45, 2.75) is 11.8 Å². The number of hydrogen-bond donors (Lipinski definition) is 1. The number of anilines is 1. The van der Waals surface area contributed by atoms with E-state index in [1.807, 2.05) is 6.92 Å². The summed E-state index contributed by atoms with van der Waals surface area (Å²) in [5, 5.41) is 23.1. The van der Waals surface area contributed by atoms with Crippen molar-refractivity contribution in [2.24, 2.45) is 0 Å². The van der Waals surface area contributed by atoms with Crippen LogP contribution < -0.4 is 5.32 Å². The highest BCUT2D eigenvalue weighted by molar-refractivity contribution is 7.95. The summed E-state index contributed by atoms with van der Waals surface area (Å²) in [5.41, 5.74) is 1.22. The molecule has 0 fully saturated rings. The van der Waals surface area contributed by atoms with Gasteiger partial charge in [0.1, 0.15) is 16.7 Å². The largest absolute Gasteiger partial charge is 0.383 e. The summed E-state index contributed by atoms with van der Waals surface area (Å²) < 4.78 is 25.2. The summed E-state index contributed by atoms with van der Waals surface area (Å²) in [6.07, 6.45) is 1.13. The van der Waals surface area contributed by atoms with Gasteiger partial charge in [-0.1, -0.05) is 23.8 Å². The molecule has 0 saturated heterocycles. The van der Waals surface area contributed by atoms with E-state index in [2.05, 4.69) is 5.32 Å². The minimum absolute atomic E-state index is 0.00718. The number of nitro groups is 1. The molecule has 0 unspecified atom stereocenters. The molecule has 0 amide bonds. The van der Waals surface area contributed by atoms with Gasteiger partial charge < -0.3 is 5.32 Å². The Balaban J connectivity index is 2.54. The quantitative estimate of drug-likeness (QED) is 0.499. The van der Waals surface area contributed by atoms with Crippen LogP contribution >= 0.6 is 0 Å². The first-order chi connectivity index (χ1) is 11.8. The van der Waals surface area contributed by atoms with E-state index < -0.39 is 19.7 Å². The lowest BCUT2D eigenvalue weighted by Gasteiger charge is -2.05. The van der Waals surface area contributed by atoms with Gasteiger partial charge in [0.15, 0.2) is 0 Å². The molecule has 0 heterocycles. The van der Waals surface area contributed by atoms with E-state index in [1.165, 1.54) is 30.3 Å². The predicted molar refractivity (Wildman–Crippen MR) is 94.6 cm³/mol. The summed E-state index contributed by atoms with van der Waals surface area (Å²) in [4.78, 5) is 10.0. The molecule has 128 valence electrons. The van der Waals surface area contributed by atoms with E-state index in [9.17, 15) is 23.8 Å². The normalized spacial score (nSPS) is 11.6. The Morgan fingerprint density at radius 3 is 2.40 bits per heavy atom. The molecule has 0 aliphatic carbocycles. The molecule has 0 aromatic heterocycles. The summed E-state index contributed by atoms with van der Waals surface area (Å²) in [5.74, 6) is 0. The number of hydrogen-bond acceptors (Lipinski definition) is 6. The summed E-state index contributed by atoms with van der Waals surface area (Å²) >= 11 is 0. The molecule has 0 aliphatic heterocycles. The average molecular weight is 357 g/mol. The maximum atomic E-state index is 12.6. The van der Waals surface area contributed by atoms with Crippen LogP contribution in [0.25, 0.3) is 6.08 Å². The molecule has 0 aliphatic rings. The molecule has 0 saturated carbocycles. The number of nitrogens with zero attached hydrogens (tertiary/aromatic N) is 2. The molecule has 2 rings (SSSR count). The number of nitrogens with one attached hydrogen (secondary N) is 1. The number of rotatable bonds is 5. The first kappa shape index (κ1) is 18.2. The number of nitriles is 1. The highest BCUT2D eigenvalue weighted by Crippen LogP contribution is 2.27. The number of nitro benzene ring substituents is 1. The highest BCUT2D eigenvalue weighted by atomic mass is 32.2. The van der Waals surface area contributed by atoms with E-state index in [0.29, 0.717) is 5.69 Å². The van der Waals surface area contributed by atoms with Crippen molar-refractivity contribution in [1.82, 2.24) is 0 Å². The minimum atomic E-state index is -4.00. The Labute approximate surface area is 145 Å². The lowest BCUT2D eigenvalue weighted by molar-refractivity contribution is -0.383. The highest BCUT2D eigenvalue weighted by Gasteiger charge is 2.21. The number of sulfone groups is 1. The second-order valence-electron chi connectivity index (χ2n) is 5.22. The number of benzene rings is 2. The van der Waals surface area contributed by atoms with Crippen molar-refractivity contribution >= 4 is 27.3 Å². The Morgan fingerprint density at radius 2 is 1.88 bits per heavy atom. The topological polar surface area (TPSA) is 113 Å². The molecule has 25 heavy (non-hydrogen) atoms. The van der Waals surface area contributed by atoms with Gasteiger partial charge in [-0.2, -0.15) is 5.26 Å². The van der Waals surface area contributed by atoms with Crippen molar-refractivity contribution in [3.8, 4) is 6.07 Å². The zero-order valence-electron chi connectivity index (χ0n) is 13.6. The zero-order chi connectivity index (χ0) is 18.6. The second kappa shape index (κ2) is 7.15. The average Bonchev–Trinajstić information content (AvgIpc) is 2.59. The summed E-state index contributed by atoms with van der Waals surface area (Å²) in [7, 11) is -2.46. The molecule has 0 spiro atoms. The van der Waals surface area contributed by atoms with Crippen LogP contribution in [0.1, 0.15) is 11.1 Å². The van der Waals surface area contributed by atoms with Gasteiger partial charge in [-0.15, -0.1) is 0 Å². The number of aryl methyl sites for hydroxylation is 1. The Kier molecular flexibility index (Phi) is 5.20. The lowest BCUT2D eigenvalue weighted by atomic mass is 10.1. The van der Waals surface area contributed by atoms with Gasteiger partial charge in [-0.3, -0.25) is 10.1 Å². The van der Waals surface area contributed by atoms with E-state index in [1.54, 1.807) is 25.2 Å². The van der Waals surface area contributed by atoms with E-state index >= 15 is 0 Å². The third-order valence-electron chi connectivity index (χ3n) is 3.52. The molecule has 2 aromatic carbocycles. The van der Waals surface area contributed by atoms with Crippen LogP contribution in [0.4, 0.5) is 11.4 Å². The summed E-state index contributed by atoms with van der Waals surface area (Å²) in [6.45, 7) is 1.82. The van der Waals surface area contributed by atoms with Gasteiger partial charge >= 0.3 is 0 Å². The van der Waals surface area contributed by atoms with Crippen molar-refractivity contribution in [3.63, 3.8) is 0 Å². The van der Waals surface area contributed by atoms with Gasteiger partial charge in [0, 0.05) is 13.1 Å². The molecule has 1 N–H and O–H groups in total. The van der Waals surface area contributed by atoms with Crippen molar-refractivity contribution in [1.29, 1.82) is 5.26 Å². The standard InChI is InChI=1S/C17H15N3O4S/c1-12-3-6-14(7-4-12)25(23,24)15(11-18)9-13-5-8-16(19-2)17(10-13)20(21)22/h3-10,19H,1-2H3/b15-9+. The van der Waals surface area contributed by atoms with Gasteiger partial charge in [0.05, 0.1) is 9.82 Å². The van der Waals surface area contributed by atoms with Gasteiger partial charge in [0.2, 0.25) is 9.84 Å². The van der Waals surface area contributed by atoms with Gasteiger partial charge in [-0.25, -0.2) is 8.42 Å². The monoisotopic (exact) mass is 357 g/mol. The molecule has 7 nitrogen and oxygen atoms in total. The fourth-order valence-electron chi connectivity index (χ4n) is 2.17. The van der Waals surface area contributed by atoms with E-state index in [0.717, 1.165) is 11.6 Å². The molecule has 0 atom stereocenters. The molecule has 2 aromatic rings. The van der Waals surface area contributed by atoms with Crippen LogP contribution in [0, 0.1) is 28.4 Å². The van der Waals surface area contributed by atoms with Gasteiger partial charge in [-0.05, 0) is 36.8 Å². The molecule has 0 bridgehead atoms. The lowest BCUT2D eigenvalue weighted by Crippen LogP contribution is -2.03. The third kappa shape index (κ3) is 3.84. The Bertz CT molecular complexity index is 988. The third-order valence-corrected chi connectivity index (χ3v) is 5.20. The molecular weight excluding hydrogens is 342 g/mol. The SMILES string of the molecule is CNc1ccc(/C=C(\C#N)S(=O)(=O)c2ccc(C)cc2)cc1[N+](=O)[O-]. The molecular formula is C17H15N3O4S. The predicted octanol–water partition coefficient (Wildman–Crippen LogP) is 3.28. The van der Waals surface area contributed by atoms with Crippen LogP contribution in [0.2, 0.25) is 0 Å². The van der Waals surface area contributed by atoms with Gasteiger partial charge in [0.25, 0.3) is 5.69 Å². The fourth-order valence-corrected chi connectivity index (χ4v) is 3.33. The van der Waals surface area contributed by atoms with Crippen LogP contribution in [-0.2, 0) is 9.84 Å². The van der Waals surface area contributed by atoms with Crippen LogP contribution in [0.3, 0.4) is 0 Å². The van der Waals surface area contributed by atoms with Crippen molar-refractivity contribution < 1.29 is 13.3 Å². The fraction of sp³-hybridized carbons (Fsp3) is 0.118. The van der Waals surface area contributed by atoms with Crippen LogP contribution in [0.15, 0.2) is 52.3 Å². The van der Waals surface area contributed by atoms with Crippen LogP contribution in [0.5, 0.6) is 0 Å². The first-order valence-corrected chi connectivity index (χ1v) is 8.67. The Morgan fingerprint density at radius 1 is 1.24 bits per heavy atom. The minimum Gasteiger partial charge on any atom is -0.383 e. The van der Waals surface area contributed by atoms with E-state index in [-0.39, 0.29) is 16.1 Å². The summed E-state index contributed by atoms with van der Waals surface area (Å²) in [6, 6.07) is 11.9. The van der Waals surface area contributed by atoms with Crippen molar-refractivity contribution in [2.75, 3.05) is 12.4 Å². The van der Waals surface area contributed by atoms with Crippen LogP contribution in [-0.4, -0.2) is 20.4 Å². The Hall–Kier alpha value is -3.18. The molecule has 0 radical (unpaired) electrons. The molecule has 8 heteroatoms. The number of allylic oxidation sites excluding steroid dienone is 1. The second-order valence-corrected chi connectivity index (χ2v) is 7.14.